The third kappa shape index (κ3) is 1.70. The van der Waals surface area contributed by atoms with Crippen molar-refractivity contribution in [1.82, 2.24) is 4.33 Å². The molecule has 0 bridgehead atoms. The van der Waals surface area contributed by atoms with Gasteiger partial charge in [-0.25, -0.2) is 0 Å². The SMILES string of the molecule is C[Se]1(O)CCC(C(=O)O)N1. The van der Waals surface area contributed by atoms with Crippen LogP contribution in [0.15, 0.2) is 0 Å². The molecule has 2 unspecified atom stereocenters. The second-order valence-corrected chi connectivity index (χ2v) is 8.26. The minimum atomic E-state index is -2.46. The Morgan fingerprint density at radius 2 is 2.40 bits per heavy atom. The first-order chi connectivity index (χ1) is 4.51. The van der Waals surface area contributed by atoms with E-state index in [1.807, 2.05) is 0 Å². The van der Waals surface area contributed by atoms with Crippen LogP contribution in [0.3, 0.4) is 0 Å². The van der Waals surface area contributed by atoms with Crippen molar-refractivity contribution in [3.8, 4) is 0 Å². The monoisotopic (exact) mass is 213 g/mol. The van der Waals surface area contributed by atoms with Crippen molar-refractivity contribution in [2.24, 2.45) is 0 Å². The number of carboxylic acid groups (broad SMARTS) is 1. The molecular weight excluding hydrogens is 201 g/mol. The molecule has 1 saturated heterocycles. The molecule has 1 fully saturated rings. The van der Waals surface area contributed by atoms with Crippen molar-refractivity contribution in [3.05, 3.63) is 0 Å². The van der Waals surface area contributed by atoms with Gasteiger partial charge in [-0.15, -0.1) is 0 Å². The summed E-state index contributed by atoms with van der Waals surface area (Å²) >= 11 is -2.46. The van der Waals surface area contributed by atoms with Crippen LogP contribution in [-0.2, 0) is 4.79 Å². The van der Waals surface area contributed by atoms with Gasteiger partial charge in [0.25, 0.3) is 0 Å². The number of rotatable bonds is 1. The zero-order chi connectivity index (χ0) is 7.78. The van der Waals surface area contributed by atoms with Gasteiger partial charge in [-0.1, -0.05) is 0 Å². The number of hydrogen-bond acceptors (Lipinski definition) is 3. The number of aliphatic carboxylic acids is 1. The molecule has 60 valence electrons. The molecule has 1 aliphatic rings. The molecule has 0 radical (unpaired) electrons. The molecule has 0 aromatic rings. The van der Waals surface area contributed by atoms with Gasteiger partial charge in [0.15, 0.2) is 0 Å². The average Bonchev–Trinajstić information content (AvgIpc) is 2.10. The molecular formula is C5H11NO3Se. The van der Waals surface area contributed by atoms with Gasteiger partial charge in [0, 0.05) is 0 Å². The Labute approximate surface area is 62.0 Å². The number of hydrogen-bond donors (Lipinski definition) is 3. The van der Waals surface area contributed by atoms with Gasteiger partial charge >= 0.3 is 61.4 Å². The van der Waals surface area contributed by atoms with Crippen LogP contribution in [-0.4, -0.2) is 34.7 Å². The summed E-state index contributed by atoms with van der Waals surface area (Å²) in [4.78, 5) is 10.3. The summed E-state index contributed by atoms with van der Waals surface area (Å²) in [7, 11) is 0. The van der Waals surface area contributed by atoms with E-state index in [1.165, 1.54) is 0 Å². The zero-order valence-electron chi connectivity index (χ0n) is 5.70. The van der Waals surface area contributed by atoms with E-state index in [9.17, 15) is 8.98 Å². The molecule has 0 aromatic heterocycles. The van der Waals surface area contributed by atoms with Gasteiger partial charge < -0.3 is 0 Å². The van der Waals surface area contributed by atoms with Crippen LogP contribution in [0.25, 0.3) is 0 Å². The van der Waals surface area contributed by atoms with Crippen LogP contribution in [0.5, 0.6) is 0 Å². The van der Waals surface area contributed by atoms with Crippen molar-refractivity contribution >= 4 is 19.4 Å². The van der Waals surface area contributed by atoms with Crippen molar-refractivity contribution < 1.29 is 14.1 Å². The first-order valence-corrected chi connectivity index (χ1v) is 7.54. The van der Waals surface area contributed by atoms with Crippen LogP contribution in [0.1, 0.15) is 6.42 Å². The summed E-state index contributed by atoms with van der Waals surface area (Å²) in [6.07, 6.45) is 0.572. The van der Waals surface area contributed by atoms with Gasteiger partial charge in [0.05, 0.1) is 0 Å². The first kappa shape index (κ1) is 8.01. The Morgan fingerprint density at radius 1 is 1.80 bits per heavy atom. The Hall–Kier alpha value is -0.0905. The van der Waals surface area contributed by atoms with Gasteiger partial charge in [-0.05, 0) is 0 Å². The Balaban J connectivity index is 2.51. The molecule has 0 spiro atoms. The van der Waals surface area contributed by atoms with E-state index in [4.69, 9.17) is 5.11 Å². The van der Waals surface area contributed by atoms with Crippen LogP contribution in [0, 0.1) is 0 Å². The van der Waals surface area contributed by atoms with Crippen LogP contribution >= 0.6 is 0 Å². The molecule has 1 heterocycles. The second-order valence-electron chi connectivity index (χ2n) is 2.54. The third-order valence-corrected chi connectivity index (χ3v) is 5.32. The fourth-order valence-corrected chi connectivity index (χ4v) is 4.40. The van der Waals surface area contributed by atoms with Crippen molar-refractivity contribution in [2.45, 2.75) is 23.6 Å². The quantitative estimate of drug-likeness (QED) is 0.512. The molecule has 10 heavy (non-hydrogen) atoms. The zero-order valence-corrected chi connectivity index (χ0v) is 7.42. The van der Waals surface area contributed by atoms with E-state index in [0.29, 0.717) is 11.7 Å². The van der Waals surface area contributed by atoms with Gasteiger partial charge in [-0.3, -0.25) is 0 Å². The minimum absolute atomic E-state index is 0.505. The van der Waals surface area contributed by atoms with E-state index in [0.717, 1.165) is 0 Å². The predicted octanol–water partition coefficient (Wildman–Crippen LogP) is -0.503. The van der Waals surface area contributed by atoms with Crippen molar-refractivity contribution in [1.29, 1.82) is 0 Å². The summed E-state index contributed by atoms with van der Waals surface area (Å²) in [5.74, 6) is 0.884. The molecule has 0 saturated carbocycles. The standard InChI is InChI=1S/C5H11NO3Se/c1-10(9)3-2-4(6-10)5(7)8/h4,6,9H,2-3H2,1H3,(H,7,8). The van der Waals surface area contributed by atoms with Gasteiger partial charge in [-0.2, -0.15) is 0 Å². The fourth-order valence-electron chi connectivity index (χ4n) is 0.946. The molecule has 2 atom stereocenters. The van der Waals surface area contributed by atoms with Crippen LogP contribution in [0.4, 0.5) is 0 Å². The molecule has 0 aliphatic carbocycles. The topological polar surface area (TPSA) is 69.6 Å². The normalized spacial score (nSPS) is 46.4. The summed E-state index contributed by atoms with van der Waals surface area (Å²) in [6.45, 7) is 0. The Kier molecular flexibility index (Phi) is 2.01. The second kappa shape index (κ2) is 2.51. The van der Waals surface area contributed by atoms with E-state index >= 15 is 0 Å². The maximum atomic E-state index is 10.3. The molecule has 1 rings (SSSR count). The van der Waals surface area contributed by atoms with E-state index in [2.05, 4.69) is 4.33 Å². The third-order valence-electron chi connectivity index (χ3n) is 1.50. The summed E-state index contributed by atoms with van der Waals surface area (Å²) in [5.41, 5.74) is 0. The molecule has 4 nitrogen and oxygen atoms in total. The molecule has 5 heteroatoms. The Bertz CT molecular complexity index is 159. The maximum absolute atomic E-state index is 10.3. The van der Waals surface area contributed by atoms with E-state index in [1.54, 1.807) is 5.82 Å². The number of nitrogens with one attached hydrogen (secondary N) is 1. The predicted molar refractivity (Wildman–Crippen MR) is 37.8 cm³/mol. The molecule has 0 amide bonds. The van der Waals surface area contributed by atoms with Crippen LogP contribution < -0.4 is 4.33 Å². The molecule has 3 N–H and O–H groups in total. The Morgan fingerprint density at radius 3 is 2.60 bits per heavy atom. The average molecular weight is 212 g/mol. The van der Waals surface area contributed by atoms with Gasteiger partial charge in [0.2, 0.25) is 0 Å². The number of carbonyl (C=O) groups is 1. The summed E-state index contributed by atoms with van der Waals surface area (Å²) in [6, 6.07) is -0.505. The van der Waals surface area contributed by atoms with Crippen LogP contribution in [0.2, 0.25) is 11.1 Å². The van der Waals surface area contributed by atoms with Crippen molar-refractivity contribution in [3.63, 3.8) is 0 Å². The first-order valence-electron chi connectivity index (χ1n) is 3.00. The van der Waals surface area contributed by atoms with E-state index in [-0.39, 0.29) is 0 Å². The fraction of sp³-hybridized carbons (Fsp3) is 0.800. The molecule has 1 aliphatic heterocycles. The summed E-state index contributed by atoms with van der Waals surface area (Å²) < 4.78 is 12.1. The van der Waals surface area contributed by atoms with Crippen molar-refractivity contribution in [2.75, 3.05) is 0 Å². The van der Waals surface area contributed by atoms with Gasteiger partial charge in [0.1, 0.15) is 0 Å². The van der Waals surface area contributed by atoms with E-state index < -0.39 is 25.4 Å². The summed E-state index contributed by atoms with van der Waals surface area (Å²) in [5, 5.41) is 9.16. The number of carboxylic acids is 1. The molecule has 0 aromatic carbocycles.